The Morgan fingerprint density at radius 3 is 2.52 bits per heavy atom. The smallest absolute Gasteiger partial charge is 0.543 e. The van der Waals surface area contributed by atoms with E-state index in [2.05, 4.69) is 0 Å². The molecular weight excluding hydrogens is 307 g/mol. The Morgan fingerprint density at radius 1 is 1.43 bits per heavy atom. The number of hydrogen-bond donors (Lipinski definition) is 1. The van der Waals surface area contributed by atoms with E-state index in [0.29, 0.717) is 23.1 Å². The molecule has 1 fully saturated rings. The second kappa shape index (κ2) is 6.46. The van der Waals surface area contributed by atoms with Gasteiger partial charge >= 0.3 is 29.6 Å². The number of fused-ring (bicyclic) bond motifs is 1. The number of aliphatic hydroxyl groups excluding tert-OH is 1. The van der Waals surface area contributed by atoms with Crippen molar-refractivity contribution in [2.24, 2.45) is 5.92 Å². The molecule has 1 N–H and O–H groups in total. The Bertz CT molecular complexity index is 733. The molecule has 2 aliphatic heterocycles. The van der Waals surface area contributed by atoms with Gasteiger partial charge in [-0.1, -0.05) is 12.1 Å². The van der Waals surface area contributed by atoms with E-state index in [0.717, 1.165) is 0 Å². The number of aliphatic hydroxyl groups is 1. The molecule has 0 aliphatic carbocycles. The van der Waals surface area contributed by atoms with Crippen molar-refractivity contribution in [3.63, 3.8) is 0 Å². The van der Waals surface area contributed by atoms with Gasteiger partial charge in [-0.2, -0.15) is 5.26 Å². The fraction of sp³-hybridized carbons (Fsp3) is 0.312. The molecule has 2 aliphatic rings. The maximum Gasteiger partial charge on any atom is 1.00 e. The minimum absolute atomic E-state index is 0. The molecule has 6 nitrogen and oxygen atoms in total. The van der Waals surface area contributed by atoms with Crippen molar-refractivity contribution in [3.8, 4) is 6.07 Å². The monoisotopic (exact) mass is 320 g/mol. The summed E-state index contributed by atoms with van der Waals surface area (Å²) >= 11 is 0. The van der Waals surface area contributed by atoms with Gasteiger partial charge in [0.25, 0.3) is 0 Å². The third kappa shape index (κ3) is 2.70. The molecule has 0 unspecified atom stereocenters. The van der Waals surface area contributed by atoms with Crippen LogP contribution in [-0.2, 0) is 9.59 Å². The molecule has 3 rings (SSSR count). The van der Waals surface area contributed by atoms with Crippen molar-refractivity contribution in [1.82, 2.24) is 4.90 Å². The van der Waals surface area contributed by atoms with Crippen LogP contribution in [0.3, 0.4) is 0 Å². The molecular formula is C16H13N2NaO4. The number of carboxylic acid groups (broad SMARTS) is 1. The summed E-state index contributed by atoms with van der Waals surface area (Å²) in [5.41, 5.74) is 1.49. The van der Waals surface area contributed by atoms with Crippen LogP contribution in [0.5, 0.6) is 0 Å². The number of carboxylic acids is 1. The first-order valence-electron chi connectivity index (χ1n) is 6.92. The Hall–Kier alpha value is -1.65. The first-order valence-corrected chi connectivity index (χ1v) is 6.92. The number of nitrogens with zero attached hydrogens (tertiary/aromatic N) is 2. The number of nitriles is 1. The van der Waals surface area contributed by atoms with Gasteiger partial charge in [0.2, 0.25) is 5.91 Å². The summed E-state index contributed by atoms with van der Waals surface area (Å²) in [6.07, 6.45) is -0.464. The minimum Gasteiger partial charge on any atom is -0.543 e. The van der Waals surface area contributed by atoms with Gasteiger partial charge in [-0.15, -0.1) is 0 Å². The van der Waals surface area contributed by atoms with Crippen molar-refractivity contribution in [2.45, 2.75) is 25.5 Å². The summed E-state index contributed by atoms with van der Waals surface area (Å²) in [5, 5.41) is 29.9. The SMILES string of the molecule is C[C@@H](O)[C@H]1C(=O)N2C(C(=O)[O-])=C(c3ccc(C#N)cc3)C[C@H]12.[Na+]. The van der Waals surface area contributed by atoms with Gasteiger partial charge in [-0.25, -0.2) is 0 Å². The van der Waals surface area contributed by atoms with Crippen LogP contribution in [0, 0.1) is 17.2 Å². The van der Waals surface area contributed by atoms with Crippen LogP contribution in [0.4, 0.5) is 0 Å². The number of hydrogen-bond acceptors (Lipinski definition) is 5. The predicted octanol–water partition coefficient (Wildman–Crippen LogP) is -3.37. The maximum absolute atomic E-state index is 12.1. The molecule has 2 heterocycles. The average molecular weight is 320 g/mol. The molecule has 1 saturated heterocycles. The van der Waals surface area contributed by atoms with E-state index in [1.165, 1.54) is 11.8 Å². The van der Waals surface area contributed by atoms with Gasteiger partial charge in [-0.05, 0) is 36.6 Å². The standard InChI is InChI=1S/C16H14N2O4.Na/c1-8(19)13-12-6-11(10-4-2-9(7-17)3-5-10)14(16(21)22)18(12)15(13)20;/h2-5,8,12-13,19H,6H2,1H3,(H,21,22);/q;+1/p-1/t8-,12-,13-;/m1./s1. The molecule has 1 aromatic carbocycles. The molecule has 0 bridgehead atoms. The fourth-order valence-electron chi connectivity index (χ4n) is 3.26. The van der Waals surface area contributed by atoms with Crippen molar-refractivity contribution >= 4 is 17.4 Å². The molecule has 1 amide bonds. The molecule has 3 atom stereocenters. The zero-order chi connectivity index (χ0) is 16.0. The molecule has 112 valence electrons. The summed E-state index contributed by atoms with van der Waals surface area (Å²) < 4.78 is 0. The molecule has 0 aromatic heterocycles. The van der Waals surface area contributed by atoms with Gasteiger partial charge in [0.05, 0.1) is 41.4 Å². The second-order valence-electron chi connectivity index (χ2n) is 5.55. The third-order valence-corrected chi connectivity index (χ3v) is 4.28. The summed E-state index contributed by atoms with van der Waals surface area (Å²) in [5.74, 6) is -2.37. The van der Waals surface area contributed by atoms with Crippen LogP contribution >= 0.6 is 0 Å². The summed E-state index contributed by atoms with van der Waals surface area (Å²) in [6.45, 7) is 1.53. The zero-order valence-corrected chi connectivity index (χ0v) is 14.8. The largest absolute Gasteiger partial charge is 1.00 e. The Balaban J connectivity index is 0.00000192. The van der Waals surface area contributed by atoms with Gasteiger partial charge in [0.1, 0.15) is 0 Å². The van der Waals surface area contributed by atoms with Crippen LogP contribution in [0.15, 0.2) is 30.0 Å². The van der Waals surface area contributed by atoms with Crippen molar-refractivity contribution < 1.29 is 49.4 Å². The number of carbonyl (C=O) groups is 2. The number of carbonyl (C=O) groups excluding carboxylic acids is 2. The van der Waals surface area contributed by atoms with Gasteiger partial charge in [0, 0.05) is 0 Å². The first kappa shape index (κ1) is 17.7. The topological polar surface area (TPSA) is 104 Å². The predicted molar refractivity (Wildman–Crippen MR) is 73.5 cm³/mol. The fourth-order valence-corrected chi connectivity index (χ4v) is 3.26. The van der Waals surface area contributed by atoms with E-state index in [1.54, 1.807) is 24.3 Å². The van der Waals surface area contributed by atoms with E-state index >= 15 is 0 Å². The van der Waals surface area contributed by atoms with Crippen LogP contribution in [0.25, 0.3) is 5.57 Å². The molecule has 7 heteroatoms. The van der Waals surface area contributed by atoms with Crippen molar-refractivity contribution in [1.29, 1.82) is 5.26 Å². The van der Waals surface area contributed by atoms with Crippen LogP contribution in [0.1, 0.15) is 24.5 Å². The quantitative estimate of drug-likeness (QED) is 0.462. The first-order chi connectivity index (χ1) is 10.5. The van der Waals surface area contributed by atoms with Crippen LogP contribution in [0.2, 0.25) is 0 Å². The molecule has 0 spiro atoms. The van der Waals surface area contributed by atoms with Gasteiger partial charge in [0.15, 0.2) is 0 Å². The van der Waals surface area contributed by atoms with E-state index < -0.39 is 18.0 Å². The van der Waals surface area contributed by atoms with Crippen molar-refractivity contribution in [2.75, 3.05) is 0 Å². The van der Waals surface area contributed by atoms with Crippen LogP contribution < -0.4 is 34.7 Å². The van der Waals surface area contributed by atoms with E-state index in [4.69, 9.17) is 5.26 Å². The number of rotatable bonds is 3. The minimum atomic E-state index is -1.40. The second-order valence-corrected chi connectivity index (χ2v) is 5.55. The number of β-lactam (4-membered cyclic amide) rings is 1. The van der Waals surface area contributed by atoms with Gasteiger partial charge < -0.3 is 19.9 Å². The Labute approximate surface area is 155 Å². The van der Waals surface area contributed by atoms with E-state index in [-0.39, 0.29) is 47.2 Å². The van der Waals surface area contributed by atoms with Gasteiger partial charge in [-0.3, -0.25) is 4.79 Å². The molecule has 1 aromatic rings. The maximum atomic E-state index is 12.1. The number of amides is 1. The molecule has 0 saturated carbocycles. The van der Waals surface area contributed by atoms with E-state index in [9.17, 15) is 19.8 Å². The Morgan fingerprint density at radius 2 is 2.04 bits per heavy atom. The van der Waals surface area contributed by atoms with Crippen molar-refractivity contribution in [3.05, 3.63) is 41.1 Å². The zero-order valence-electron chi connectivity index (χ0n) is 12.8. The summed E-state index contributed by atoms with van der Waals surface area (Å²) in [4.78, 5) is 24.7. The Kier molecular flexibility index (Phi) is 4.97. The van der Waals surface area contributed by atoms with E-state index in [1.807, 2.05) is 6.07 Å². The normalized spacial score (nSPS) is 23.5. The summed E-state index contributed by atoms with van der Waals surface area (Å²) in [6, 6.07) is 8.16. The molecule has 23 heavy (non-hydrogen) atoms. The summed E-state index contributed by atoms with van der Waals surface area (Å²) in [7, 11) is 0. The number of benzene rings is 1. The molecule has 0 radical (unpaired) electrons. The van der Waals surface area contributed by atoms with Crippen LogP contribution in [-0.4, -0.2) is 34.0 Å². The third-order valence-electron chi connectivity index (χ3n) is 4.28. The number of aliphatic carboxylic acids is 1. The average Bonchev–Trinajstić information content (AvgIpc) is 2.82.